The second-order valence-corrected chi connectivity index (χ2v) is 2.04. The Labute approximate surface area is 62.3 Å². The fourth-order valence-corrected chi connectivity index (χ4v) is 0.849. The second-order valence-electron chi connectivity index (χ2n) is 2.04. The van der Waals surface area contributed by atoms with E-state index in [9.17, 15) is 5.11 Å². The number of aromatic amines is 1. The van der Waals surface area contributed by atoms with Gasteiger partial charge in [0, 0.05) is 12.1 Å². The van der Waals surface area contributed by atoms with Gasteiger partial charge in [-0.3, -0.25) is 5.10 Å². The number of hydrogen-bond acceptors (Lipinski definition) is 3. The molecule has 0 saturated heterocycles. The van der Waals surface area contributed by atoms with Crippen molar-refractivity contribution >= 4 is 0 Å². The van der Waals surface area contributed by atoms with E-state index in [0.29, 0.717) is 5.82 Å². The number of hydrogen-bond donors (Lipinski definition) is 2. The van der Waals surface area contributed by atoms with Gasteiger partial charge in [0.05, 0.1) is 12.4 Å². The molecule has 11 heavy (non-hydrogen) atoms. The van der Waals surface area contributed by atoms with E-state index in [1.165, 1.54) is 16.9 Å². The van der Waals surface area contributed by atoms with Crippen LogP contribution in [0, 0.1) is 0 Å². The molecule has 5 heteroatoms. The number of nitrogens with zero attached hydrogens (tertiary/aromatic N) is 3. The average molecular weight is 150 g/mol. The molecule has 2 aromatic heterocycles. The Morgan fingerprint density at radius 2 is 2.27 bits per heavy atom. The number of H-pyrrole nitrogens is 1. The first kappa shape index (κ1) is 5.96. The number of rotatable bonds is 1. The summed E-state index contributed by atoms with van der Waals surface area (Å²) in [5.41, 5.74) is 0. The lowest BCUT2D eigenvalue weighted by atomic mass is 10.6. The predicted octanol–water partition coefficient (Wildman–Crippen LogP) is 0.301. The molecular weight excluding hydrogens is 144 g/mol. The maximum atomic E-state index is 9.18. The number of aromatic hydroxyl groups is 1. The molecule has 0 aliphatic heterocycles. The molecule has 0 aliphatic rings. The minimum atomic E-state index is 0.0919. The second kappa shape index (κ2) is 2.12. The molecule has 0 unspecified atom stereocenters. The molecule has 0 aliphatic carbocycles. The number of aromatic nitrogens is 4. The van der Waals surface area contributed by atoms with Crippen LogP contribution in [0.4, 0.5) is 0 Å². The number of nitrogens with one attached hydrogen (secondary N) is 1. The van der Waals surface area contributed by atoms with Crippen LogP contribution in [0.15, 0.2) is 24.5 Å². The van der Waals surface area contributed by atoms with Crippen molar-refractivity contribution in [3.8, 4) is 11.7 Å². The van der Waals surface area contributed by atoms with Crippen LogP contribution < -0.4 is 0 Å². The van der Waals surface area contributed by atoms with Crippen LogP contribution in [0.25, 0.3) is 5.82 Å². The van der Waals surface area contributed by atoms with Crippen molar-refractivity contribution in [3.63, 3.8) is 0 Å². The molecule has 0 radical (unpaired) electrons. The summed E-state index contributed by atoms with van der Waals surface area (Å²) < 4.78 is 1.35. The Bertz CT molecular complexity index is 337. The van der Waals surface area contributed by atoms with E-state index >= 15 is 0 Å². The van der Waals surface area contributed by atoms with E-state index in [1.54, 1.807) is 12.3 Å². The van der Waals surface area contributed by atoms with Gasteiger partial charge in [-0.25, -0.2) is 0 Å². The molecule has 0 amide bonds. The quantitative estimate of drug-likeness (QED) is 0.614. The maximum absolute atomic E-state index is 9.18. The van der Waals surface area contributed by atoms with Crippen LogP contribution in [-0.2, 0) is 0 Å². The zero-order valence-corrected chi connectivity index (χ0v) is 5.60. The summed E-state index contributed by atoms with van der Waals surface area (Å²) in [6.07, 6.45) is 3.10. The highest BCUT2D eigenvalue weighted by Gasteiger charge is 2.01. The van der Waals surface area contributed by atoms with Crippen LogP contribution in [0.5, 0.6) is 5.88 Å². The third-order valence-electron chi connectivity index (χ3n) is 1.34. The highest BCUT2D eigenvalue weighted by atomic mass is 16.3. The van der Waals surface area contributed by atoms with Gasteiger partial charge in [-0.15, -0.1) is 0 Å². The standard InChI is InChI=1S/C6H6N4O/c11-6-2-4-8-10(6)5-1-3-7-9-5/h1-4,11H,(H,7,9). The fraction of sp³-hybridized carbons (Fsp3) is 0. The van der Waals surface area contributed by atoms with Gasteiger partial charge in [-0.1, -0.05) is 0 Å². The van der Waals surface area contributed by atoms with Gasteiger partial charge in [0.1, 0.15) is 0 Å². The maximum Gasteiger partial charge on any atom is 0.215 e. The fourth-order valence-electron chi connectivity index (χ4n) is 0.849. The minimum absolute atomic E-state index is 0.0919. The lowest BCUT2D eigenvalue weighted by molar-refractivity contribution is 0.432. The van der Waals surface area contributed by atoms with Gasteiger partial charge in [-0.05, 0) is 0 Å². The van der Waals surface area contributed by atoms with Gasteiger partial charge in [0.25, 0.3) is 0 Å². The van der Waals surface area contributed by atoms with Gasteiger partial charge >= 0.3 is 0 Å². The molecule has 2 aromatic rings. The Hall–Kier alpha value is -1.78. The first-order chi connectivity index (χ1) is 5.38. The first-order valence-corrected chi connectivity index (χ1v) is 3.10. The zero-order valence-electron chi connectivity index (χ0n) is 5.60. The van der Waals surface area contributed by atoms with E-state index in [0.717, 1.165) is 0 Å². The lowest BCUT2D eigenvalue weighted by Gasteiger charge is -1.95. The largest absolute Gasteiger partial charge is 0.493 e. The van der Waals surface area contributed by atoms with Crippen LogP contribution in [0.3, 0.4) is 0 Å². The summed E-state index contributed by atoms with van der Waals surface area (Å²) in [5, 5.41) is 19.4. The predicted molar refractivity (Wildman–Crippen MR) is 37.4 cm³/mol. The van der Waals surface area contributed by atoms with E-state index in [2.05, 4.69) is 15.3 Å². The average Bonchev–Trinajstić information content (AvgIpc) is 2.55. The van der Waals surface area contributed by atoms with Crippen LogP contribution in [0.2, 0.25) is 0 Å². The zero-order chi connectivity index (χ0) is 7.68. The van der Waals surface area contributed by atoms with Gasteiger partial charge in [-0.2, -0.15) is 14.9 Å². The molecule has 2 heterocycles. The third-order valence-corrected chi connectivity index (χ3v) is 1.34. The Morgan fingerprint density at radius 3 is 2.82 bits per heavy atom. The monoisotopic (exact) mass is 150 g/mol. The first-order valence-electron chi connectivity index (χ1n) is 3.10. The summed E-state index contributed by atoms with van der Waals surface area (Å²) in [6, 6.07) is 3.22. The van der Waals surface area contributed by atoms with Gasteiger partial charge in [0.2, 0.25) is 5.88 Å². The molecule has 56 valence electrons. The molecular formula is C6H6N4O. The highest BCUT2D eigenvalue weighted by molar-refractivity contribution is 5.24. The summed E-state index contributed by atoms with van der Waals surface area (Å²) in [4.78, 5) is 0. The van der Waals surface area contributed by atoms with E-state index in [1.807, 2.05) is 0 Å². The van der Waals surface area contributed by atoms with Crippen LogP contribution in [0.1, 0.15) is 0 Å². The minimum Gasteiger partial charge on any atom is -0.493 e. The summed E-state index contributed by atoms with van der Waals surface area (Å²) in [5.74, 6) is 0.738. The molecule has 0 fully saturated rings. The van der Waals surface area contributed by atoms with Crippen molar-refractivity contribution in [2.75, 3.05) is 0 Å². The van der Waals surface area contributed by atoms with Crippen molar-refractivity contribution in [2.45, 2.75) is 0 Å². The highest BCUT2D eigenvalue weighted by Crippen LogP contribution is 2.11. The normalized spacial score (nSPS) is 10.2. The summed E-state index contributed by atoms with van der Waals surface area (Å²) in [7, 11) is 0. The molecule has 2 rings (SSSR count). The lowest BCUT2D eigenvalue weighted by Crippen LogP contribution is -1.95. The molecule has 0 saturated carbocycles. The SMILES string of the molecule is Oc1ccnn1-c1ccn[nH]1. The molecule has 5 nitrogen and oxygen atoms in total. The molecule has 2 N–H and O–H groups in total. The van der Waals surface area contributed by atoms with Crippen molar-refractivity contribution in [3.05, 3.63) is 24.5 Å². The smallest absolute Gasteiger partial charge is 0.215 e. The van der Waals surface area contributed by atoms with Gasteiger partial charge < -0.3 is 5.11 Å². The summed E-state index contributed by atoms with van der Waals surface area (Å²) in [6.45, 7) is 0. The van der Waals surface area contributed by atoms with Crippen LogP contribution >= 0.6 is 0 Å². The Balaban J connectivity index is 2.53. The van der Waals surface area contributed by atoms with E-state index in [4.69, 9.17) is 0 Å². The topological polar surface area (TPSA) is 66.7 Å². The Kier molecular flexibility index (Phi) is 1.15. The van der Waals surface area contributed by atoms with Crippen molar-refractivity contribution in [2.24, 2.45) is 0 Å². The van der Waals surface area contributed by atoms with E-state index in [-0.39, 0.29) is 5.88 Å². The van der Waals surface area contributed by atoms with E-state index < -0.39 is 0 Å². The van der Waals surface area contributed by atoms with Crippen molar-refractivity contribution < 1.29 is 5.11 Å². The van der Waals surface area contributed by atoms with Crippen LogP contribution in [-0.4, -0.2) is 25.1 Å². The summed E-state index contributed by atoms with van der Waals surface area (Å²) >= 11 is 0. The van der Waals surface area contributed by atoms with Crippen molar-refractivity contribution in [1.82, 2.24) is 20.0 Å². The molecule has 0 aromatic carbocycles. The molecule has 0 spiro atoms. The molecule has 0 bridgehead atoms. The Morgan fingerprint density at radius 1 is 1.36 bits per heavy atom. The third kappa shape index (κ3) is 0.861. The van der Waals surface area contributed by atoms with Crippen molar-refractivity contribution in [1.29, 1.82) is 0 Å². The molecule has 0 atom stereocenters. The van der Waals surface area contributed by atoms with Gasteiger partial charge in [0.15, 0.2) is 5.82 Å².